The van der Waals surface area contributed by atoms with Crippen LogP contribution in [-0.2, 0) is 10.0 Å². The Kier molecular flexibility index (Phi) is 5.45. The summed E-state index contributed by atoms with van der Waals surface area (Å²) >= 11 is 6.73. The molecule has 27 heavy (non-hydrogen) atoms. The first kappa shape index (κ1) is 19.3. The molecule has 140 valence electrons. The van der Waals surface area contributed by atoms with Gasteiger partial charge in [-0.1, -0.05) is 41.1 Å². The Morgan fingerprint density at radius 1 is 1.07 bits per heavy atom. The number of carbonyl (C=O) groups excluding carboxylic acids is 1. The van der Waals surface area contributed by atoms with Crippen molar-refractivity contribution in [2.24, 2.45) is 0 Å². The Balaban J connectivity index is 1.78. The lowest BCUT2D eigenvalue weighted by Crippen LogP contribution is -2.13. The standard InChI is InChI=1S/C17H15ClN4O3S2/c1-10-7-11(2)9-12(8-10)22-27(24,25)17-21-20-16(26-17)19-15(23)13-5-3-4-6-14(13)18/h3-9,22H,1-2H3,(H,19,20,23). The zero-order valence-corrected chi connectivity index (χ0v) is 16.7. The van der Waals surface area contributed by atoms with Crippen molar-refractivity contribution in [3.8, 4) is 0 Å². The number of sulfonamides is 1. The molecule has 0 bridgehead atoms. The molecule has 2 N–H and O–H groups in total. The zero-order chi connectivity index (χ0) is 19.6. The SMILES string of the molecule is Cc1cc(C)cc(NS(=O)(=O)c2nnc(NC(=O)c3ccccc3Cl)s2)c1. The molecule has 0 saturated heterocycles. The Bertz CT molecular complexity index is 1090. The molecule has 10 heteroatoms. The van der Waals surface area contributed by atoms with Crippen molar-refractivity contribution in [3.05, 3.63) is 64.2 Å². The average molecular weight is 423 g/mol. The number of aromatic nitrogens is 2. The van der Waals surface area contributed by atoms with Crippen LogP contribution in [0.5, 0.6) is 0 Å². The van der Waals surface area contributed by atoms with E-state index in [1.54, 1.807) is 36.4 Å². The summed E-state index contributed by atoms with van der Waals surface area (Å²) in [5, 5.41) is 10.2. The number of carbonyl (C=O) groups is 1. The van der Waals surface area contributed by atoms with Crippen LogP contribution in [0.3, 0.4) is 0 Å². The predicted octanol–water partition coefficient (Wildman–Crippen LogP) is 3.86. The fourth-order valence-corrected chi connectivity index (χ4v) is 4.57. The number of halogens is 1. The van der Waals surface area contributed by atoms with Gasteiger partial charge in [0.05, 0.1) is 10.6 Å². The van der Waals surface area contributed by atoms with Gasteiger partial charge in [-0.05, 0) is 49.2 Å². The van der Waals surface area contributed by atoms with E-state index in [1.165, 1.54) is 0 Å². The summed E-state index contributed by atoms with van der Waals surface area (Å²) in [6.45, 7) is 3.75. The summed E-state index contributed by atoms with van der Waals surface area (Å²) in [5.74, 6) is -0.497. The van der Waals surface area contributed by atoms with Gasteiger partial charge in [-0.15, -0.1) is 10.2 Å². The molecule has 1 heterocycles. The summed E-state index contributed by atoms with van der Waals surface area (Å²) in [7, 11) is -3.92. The number of rotatable bonds is 5. The maximum atomic E-state index is 12.5. The van der Waals surface area contributed by atoms with E-state index in [1.807, 2.05) is 19.9 Å². The normalized spacial score (nSPS) is 11.2. The van der Waals surface area contributed by atoms with Crippen molar-refractivity contribution in [3.63, 3.8) is 0 Å². The van der Waals surface area contributed by atoms with Crippen LogP contribution in [0.25, 0.3) is 0 Å². The molecule has 0 aliphatic rings. The number of benzene rings is 2. The van der Waals surface area contributed by atoms with Gasteiger partial charge in [-0.2, -0.15) is 8.42 Å². The van der Waals surface area contributed by atoms with Crippen molar-refractivity contribution in [1.29, 1.82) is 0 Å². The predicted molar refractivity (Wildman–Crippen MR) is 106 cm³/mol. The van der Waals surface area contributed by atoms with Gasteiger partial charge in [-0.25, -0.2) is 0 Å². The molecule has 0 aliphatic carbocycles. The number of aryl methyl sites for hydroxylation is 2. The van der Waals surface area contributed by atoms with Crippen molar-refractivity contribution in [2.45, 2.75) is 18.2 Å². The van der Waals surface area contributed by atoms with E-state index in [2.05, 4.69) is 20.2 Å². The van der Waals surface area contributed by atoms with Crippen LogP contribution in [-0.4, -0.2) is 24.5 Å². The van der Waals surface area contributed by atoms with E-state index < -0.39 is 15.9 Å². The Morgan fingerprint density at radius 2 is 1.74 bits per heavy atom. The fourth-order valence-electron chi connectivity index (χ4n) is 2.41. The monoisotopic (exact) mass is 422 g/mol. The van der Waals surface area contributed by atoms with Gasteiger partial charge in [0, 0.05) is 5.69 Å². The number of amides is 1. The van der Waals surface area contributed by atoms with Gasteiger partial charge in [0.2, 0.25) is 5.13 Å². The third kappa shape index (κ3) is 4.62. The van der Waals surface area contributed by atoms with Crippen molar-refractivity contribution < 1.29 is 13.2 Å². The molecule has 7 nitrogen and oxygen atoms in total. The van der Waals surface area contributed by atoms with Crippen molar-refractivity contribution >= 4 is 49.7 Å². The lowest BCUT2D eigenvalue weighted by Gasteiger charge is -2.07. The van der Waals surface area contributed by atoms with Gasteiger partial charge in [-0.3, -0.25) is 14.8 Å². The molecule has 1 aromatic heterocycles. The molecule has 0 unspecified atom stereocenters. The lowest BCUT2D eigenvalue weighted by molar-refractivity contribution is 0.102. The first-order valence-corrected chi connectivity index (χ1v) is 10.4. The number of anilines is 2. The molecule has 0 atom stereocenters. The van der Waals surface area contributed by atoms with E-state index >= 15 is 0 Å². The van der Waals surface area contributed by atoms with Crippen LogP contribution < -0.4 is 10.0 Å². The Labute approximate surface area is 165 Å². The van der Waals surface area contributed by atoms with Crippen LogP contribution in [0.2, 0.25) is 5.02 Å². The summed E-state index contributed by atoms with van der Waals surface area (Å²) in [6, 6.07) is 11.9. The van der Waals surface area contributed by atoms with E-state index in [-0.39, 0.29) is 20.1 Å². The molecule has 0 aliphatic heterocycles. The van der Waals surface area contributed by atoms with E-state index in [0.717, 1.165) is 22.5 Å². The summed E-state index contributed by atoms with van der Waals surface area (Å²) in [6.07, 6.45) is 0. The van der Waals surface area contributed by atoms with Gasteiger partial charge < -0.3 is 0 Å². The summed E-state index contributed by atoms with van der Waals surface area (Å²) < 4.78 is 27.2. The second-order valence-corrected chi connectivity index (χ2v) is 9.03. The van der Waals surface area contributed by atoms with Crippen LogP contribution in [0, 0.1) is 13.8 Å². The number of nitrogens with zero attached hydrogens (tertiary/aromatic N) is 2. The number of hydrogen-bond acceptors (Lipinski definition) is 6. The second kappa shape index (κ2) is 7.63. The molecular formula is C17H15ClN4O3S2. The summed E-state index contributed by atoms with van der Waals surface area (Å²) in [4.78, 5) is 12.2. The Hall–Kier alpha value is -2.49. The van der Waals surface area contributed by atoms with Crippen LogP contribution in [0.15, 0.2) is 46.8 Å². The quantitative estimate of drug-likeness (QED) is 0.608. The third-order valence-corrected chi connectivity index (χ3v) is 6.37. The zero-order valence-electron chi connectivity index (χ0n) is 14.4. The highest BCUT2D eigenvalue weighted by Crippen LogP contribution is 2.25. The molecular weight excluding hydrogens is 408 g/mol. The maximum absolute atomic E-state index is 12.5. The number of nitrogens with one attached hydrogen (secondary N) is 2. The highest BCUT2D eigenvalue weighted by molar-refractivity contribution is 7.94. The van der Waals surface area contributed by atoms with Crippen LogP contribution in [0.1, 0.15) is 21.5 Å². The molecule has 0 saturated carbocycles. The molecule has 3 rings (SSSR count). The minimum atomic E-state index is -3.92. The average Bonchev–Trinajstić information content (AvgIpc) is 3.03. The topological polar surface area (TPSA) is 101 Å². The largest absolute Gasteiger partial charge is 0.296 e. The highest BCUT2D eigenvalue weighted by atomic mass is 35.5. The first-order valence-electron chi connectivity index (χ1n) is 7.75. The number of hydrogen-bond donors (Lipinski definition) is 2. The molecule has 0 radical (unpaired) electrons. The summed E-state index contributed by atoms with van der Waals surface area (Å²) in [5.41, 5.74) is 2.55. The van der Waals surface area contributed by atoms with Gasteiger partial charge in [0.1, 0.15) is 0 Å². The Morgan fingerprint density at radius 3 is 2.41 bits per heavy atom. The molecule has 3 aromatic rings. The van der Waals surface area contributed by atoms with Crippen molar-refractivity contribution in [1.82, 2.24) is 10.2 Å². The smallest absolute Gasteiger partial charge is 0.291 e. The highest BCUT2D eigenvalue weighted by Gasteiger charge is 2.22. The second-order valence-electron chi connectivity index (χ2n) is 5.79. The minimum Gasteiger partial charge on any atom is -0.296 e. The molecule has 0 fully saturated rings. The fraction of sp³-hybridized carbons (Fsp3) is 0.118. The van der Waals surface area contributed by atoms with Gasteiger partial charge in [0.15, 0.2) is 0 Å². The van der Waals surface area contributed by atoms with Crippen LogP contribution in [0.4, 0.5) is 10.8 Å². The lowest BCUT2D eigenvalue weighted by atomic mass is 10.1. The molecule has 1 amide bonds. The first-order chi connectivity index (χ1) is 12.7. The van der Waals surface area contributed by atoms with Gasteiger partial charge >= 0.3 is 0 Å². The molecule has 0 spiro atoms. The molecule has 2 aromatic carbocycles. The van der Waals surface area contributed by atoms with Crippen molar-refractivity contribution in [2.75, 3.05) is 10.0 Å². The van der Waals surface area contributed by atoms with E-state index in [0.29, 0.717) is 5.69 Å². The van der Waals surface area contributed by atoms with E-state index in [9.17, 15) is 13.2 Å². The van der Waals surface area contributed by atoms with Crippen LogP contribution >= 0.6 is 22.9 Å². The third-order valence-electron chi connectivity index (χ3n) is 3.45. The minimum absolute atomic E-state index is 0.0562. The van der Waals surface area contributed by atoms with E-state index in [4.69, 9.17) is 11.6 Å². The maximum Gasteiger partial charge on any atom is 0.291 e. The van der Waals surface area contributed by atoms with Gasteiger partial charge in [0.25, 0.3) is 20.3 Å².